The largest absolute Gasteiger partial charge is 0.462 e. The fourth-order valence-electron chi connectivity index (χ4n) is 4.65. The minimum absolute atomic E-state index is 0.182. The lowest BCUT2D eigenvalue weighted by atomic mass is 9.92. The predicted octanol–water partition coefficient (Wildman–Crippen LogP) is 5.83. The highest BCUT2D eigenvalue weighted by Crippen LogP contribution is 2.38. The molecule has 6 nitrogen and oxygen atoms in total. The third kappa shape index (κ3) is 4.03. The average molecular weight is 454 g/mol. The Morgan fingerprint density at radius 3 is 2.50 bits per heavy atom. The minimum atomic E-state index is -0.373. The quantitative estimate of drug-likeness (QED) is 0.382. The molecule has 0 saturated carbocycles. The number of urea groups is 1. The van der Waals surface area contributed by atoms with Crippen molar-refractivity contribution in [2.45, 2.75) is 26.3 Å². The molecule has 0 unspecified atom stereocenters. The van der Waals surface area contributed by atoms with Gasteiger partial charge in [-0.2, -0.15) is 0 Å². The SMILES string of the molecule is CCOC(=O)c1ccc(NC(=O)N2CCc3c([nH]c4ccccc34)[C@@H]2c2ccc(C)cc2)cc1. The zero-order valence-electron chi connectivity index (χ0n) is 19.3. The van der Waals surface area contributed by atoms with Crippen LogP contribution < -0.4 is 5.32 Å². The van der Waals surface area contributed by atoms with E-state index >= 15 is 0 Å². The number of aromatic amines is 1. The van der Waals surface area contributed by atoms with Crippen molar-refractivity contribution in [1.29, 1.82) is 0 Å². The Morgan fingerprint density at radius 1 is 1.03 bits per heavy atom. The maximum atomic E-state index is 13.5. The van der Waals surface area contributed by atoms with Gasteiger partial charge in [0, 0.05) is 28.8 Å². The minimum Gasteiger partial charge on any atom is -0.462 e. The van der Waals surface area contributed by atoms with Crippen LogP contribution in [0.1, 0.15) is 45.7 Å². The van der Waals surface area contributed by atoms with Gasteiger partial charge in [0.15, 0.2) is 0 Å². The summed E-state index contributed by atoms with van der Waals surface area (Å²) in [4.78, 5) is 30.9. The lowest BCUT2D eigenvalue weighted by molar-refractivity contribution is 0.0526. The van der Waals surface area contributed by atoms with Crippen LogP contribution in [-0.2, 0) is 11.2 Å². The Morgan fingerprint density at radius 2 is 1.76 bits per heavy atom. The number of esters is 1. The van der Waals surface area contributed by atoms with Crippen molar-refractivity contribution >= 4 is 28.6 Å². The van der Waals surface area contributed by atoms with Crippen LogP contribution in [0.2, 0.25) is 0 Å². The molecule has 0 aliphatic carbocycles. The molecule has 3 aromatic carbocycles. The van der Waals surface area contributed by atoms with E-state index in [1.807, 2.05) is 11.0 Å². The van der Waals surface area contributed by atoms with Crippen molar-refractivity contribution in [2.24, 2.45) is 0 Å². The summed E-state index contributed by atoms with van der Waals surface area (Å²) in [6.45, 7) is 4.75. The number of hydrogen-bond donors (Lipinski definition) is 2. The summed E-state index contributed by atoms with van der Waals surface area (Å²) < 4.78 is 5.04. The molecule has 0 bridgehead atoms. The molecule has 2 N–H and O–H groups in total. The monoisotopic (exact) mass is 453 g/mol. The molecule has 1 aliphatic rings. The van der Waals surface area contributed by atoms with Crippen LogP contribution in [0.3, 0.4) is 0 Å². The smallest absolute Gasteiger partial charge is 0.338 e. The van der Waals surface area contributed by atoms with E-state index in [4.69, 9.17) is 4.74 Å². The third-order valence-electron chi connectivity index (χ3n) is 6.34. The molecule has 2 amide bonds. The van der Waals surface area contributed by atoms with Crippen molar-refractivity contribution in [2.75, 3.05) is 18.5 Å². The van der Waals surface area contributed by atoms with Crippen LogP contribution in [0.15, 0.2) is 72.8 Å². The summed E-state index contributed by atoms with van der Waals surface area (Å²) in [7, 11) is 0. The van der Waals surface area contributed by atoms with Crippen LogP contribution >= 0.6 is 0 Å². The Balaban J connectivity index is 1.46. The van der Waals surface area contributed by atoms with Crippen molar-refractivity contribution in [3.8, 4) is 0 Å². The highest BCUT2D eigenvalue weighted by molar-refractivity contribution is 5.93. The fraction of sp³-hybridized carbons (Fsp3) is 0.214. The first kappa shape index (κ1) is 21.8. The number of aryl methyl sites for hydroxylation is 1. The van der Waals surface area contributed by atoms with E-state index in [0.29, 0.717) is 24.4 Å². The second kappa shape index (κ2) is 9.06. The van der Waals surface area contributed by atoms with Gasteiger partial charge in [-0.05, 0) is 61.7 Å². The number of carbonyl (C=O) groups excluding carboxylic acids is 2. The van der Waals surface area contributed by atoms with E-state index in [9.17, 15) is 9.59 Å². The Bertz CT molecular complexity index is 1340. The number of aromatic nitrogens is 1. The highest BCUT2D eigenvalue weighted by Gasteiger charge is 2.34. The predicted molar refractivity (Wildman–Crippen MR) is 133 cm³/mol. The molecule has 1 aromatic heterocycles. The lowest BCUT2D eigenvalue weighted by Gasteiger charge is -2.36. The summed E-state index contributed by atoms with van der Waals surface area (Å²) >= 11 is 0. The molecular weight excluding hydrogens is 426 g/mol. The molecule has 1 aliphatic heterocycles. The molecule has 172 valence electrons. The second-order valence-corrected chi connectivity index (χ2v) is 8.55. The zero-order chi connectivity index (χ0) is 23.7. The number of nitrogens with one attached hydrogen (secondary N) is 2. The van der Waals surface area contributed by atoms with Crippen molar-refractivity contribution in [3.05, 3.63) is 101 Å². The van der Waals surface area contributed by atoms with Crippen molar-refractivity contribution in [3.63, 3.8) is 0 Å². The van der Waals surface area contributed by atoms with E-state index in [-0.39, 0.29) is 18.0 Å². The number of carbonyl (C=O) groups is 2. The fourth-order valence-corrected chi connectivity index (χ4v) is 4.65. The Labute approximate surface area is 198 Å². The molecule has 4 aromatic rings. The van der Waals surface area contributed by atoms with Crippen LogP contribution in [0, 0.1) is 6.92 Å². The first-order valence-corrected chi connectivity index (χ1v) is 11.6. The van der Waals surface area contributed by atoms with Gasteiger partial charge in [0.05, 0.1) is 18.2 Å². The second-order valence-electron chi connectivity index (χ2n) is 8.55. The van der Waals surface area contributed by atoms with E-state index in [1.54, 1.807) is 31.2 Å². The number of rotatable bonds is 4. The standard InChI is InChI=1S/C28H27N3O3/c1-3-34-27(32)20-12-14-21(15-13-20)29-28(33)31-17-16-23-22-6-4-5-7-24(22)30-25(23)26(31)19-10-8-18(2)9-11-19/h4-15,26,30H,3,16-17H2,1-2H3,(H,29,33)/t26-/m0/s1. The van der Waals surface area contributed by atoms with Gasteiger partial charge in [-0.3, -0.25) is 0 Å². The summed E-state index contributed by atoms with van der Waals surface area (Å²) in [5, 5.41) is 4.22. The number of H-pyrrole nitrogens is 1. The summed E-state index contributed by atoms with van der Waals surface area (Å²) in [5.41, 5.74) is 6.73. The van der Waals surface area contributed by atoms with Crippen LogP contribution in [0.5, 0.6) is 0 Å². The molecule has 1 atom stereocenters. The molecule has 0 spiro atoms. The zero-order valence-corrected chi connectivity index (χ0v) is 19.3. The Kier molecular flexibility index (Phi) is 5.80. The van der Waals surface area contributed by atoms with Gasteiger partial charge in [-0.15, -0.1) is 0 Å². The maximum Gasteiger partial charge on any atom is 0.338 e. The van der Waals surface area contributed by atoms with Gasteiger partial charge in [-0.25, -0.2) is 9.59 Å². The van der Waals surface area contributed by atoms with Gasteiger partial charge < -0.3 is 19.9 Å². The number of anilines is 1. The molecule has 6 heteroatoms. The molecule has 0 saturated heterocycles. The molecule has 34 heavy (non-hydrogen) atoms. The first-order valence-electron chi connectivity index (χ1n) is 11.6. The number of amides is 2. The number of benzene rings is 3. The Hall–Kier alpha value is -4.06. The summed E-state index contributed by atoms with van der Waals surface area (Å²) in [6, 6.07) is 23.0. The van der Waals surface area contributed by atoms with Crippen molar-refractivity contribution < 1.29 is 14.3 Å². The number of nitrogens with zero attached hydrogens (tertiary/aromatic N) is 1. The number of para-hydroxylation sites is 1. The third-order valence-corrected chi connectivity index (χ3v) is 6.34. The van der Waals surface area contributed by atoms with E-state index in [0.717, 1.165) is 23.2 Å². The molecule has 2 heterocycles. The average Bonchev–Trinajstić information content (AvgIpc) is 3.23. The van der Waals surface area contributed by atoms with Gasteiger partial charge in [-0.1, -0.05) is 48.0 Å². The lowest BCUT2D eigenvalue weighted by Crippen LogP contribution is -2.43. The summed E-state index contributed by atoms with van der Waals surface area (Å²) in [5.74, 6) is -0.373. The number of fused-ring (bicyclic) bond motifs is 3. The van der Waals surface area contributed by atoms with E-state index < -0.39 is 0 Å². The topological polar surface area (TPSA) is 74.4 Å². The summed E-state index contributed by atoms with van der Waals surface area (Å²) in [6.07, 6.45) is 0.775. The first-order chi connectivity index (χ1) is 16.5. The normalized spacial score (nSPS) is 15.1. The van der Waals surface area contributed by atoms with Gasteiger partial charge in [0.1, 0.15) is 0 Å². The number of ether oxygens (including phenoxy) is 1. The van der Waals surface area contributed by atoms with E-state index in [2.05, 4.69) is 59.7 Å². The molecule has 0 radical (unpaired) electrons. The number of hydrogen-bond acceptors (Lipinski definition) is 3. The maximum absolute atomic E-state index is 13.5. The van der Waals surface area contributed by atoms with Crippen LogP contribution in [0.25, 0.3) is 10.9 Å². The molecular formula is C28H27N3O3. The van der Waals surface area contributed by atoms with Crippen molar-refractivity contribution in [1.82, 2.24) is 9.88 Å². The molecule has 5 rings (SSSR count). The van der Waals surface area contributed by atoms with Gasteiger partial charge in [0.25, 0.3) is 0 Å². The van der Waals surface area contributed by atoms with Crippen LogP contribution in [0.4, 0.5) is 10.5 Å². The highest BCUT2D eigenvalue weighted by atomic mass is 16.5. The van der Waals surface area contributed by atoms with Crippen LogP contribution in [-0.4, -0.2) is 35.0 Å². The van der Waals surface area contributed by atoms with Gasteiger partial charge >= 0.3 is 12.0 Å². The molecule has 0 fully saturated rings. The van der Waals surface area contributed by atoms with E-state index in [1.165, 1.54) is 16.5 Å². The van der Waals surface area contributed by atoms with Gasteiger partial charge in [0.2, 0.25) is 0 Å².